The molecule has 0 radical (unpaired) electrons. The number of aromatic nitrogens is 1. The van der Waals surface area contributed by atoms with Crippen molar-refractivity contribution < 1.29 is 4.74 Å². The zero-order valence-corrected chi connectivity index (χ0v) is 11.8. The molecule has 1 heterocycles. The van der Waals surface area contributed by atoms with Gasteiger partial charge in [-0.3, -0.25) is 0 Å². The fourth-order valence-corrected chi connectivity index (χ4v) is 2.76. The number of hydrogen-bond acceptors (Lipinski definition) is 2. The number of aryl methyl sites for hydroxylation is 2. The van der Waals surface area contributed by atoms with Crippen LogP contribution in [0.15, 0.2) is 12.1 Å². The number of rotatable bonds is 4. The molecule has 0 atom stereocenters. The first-order valence-electron chi connectivity index (χ1n) is 6.12. The molecule has 0 bridgehead atoms. The monoisotopic (exact) mass is 266 g/mol. The van der Waals surface area contributed by atoms with Crippen LogP contribution in [-0.2, 0) is 13.5 Å². The van der Waals surface area contributed by atoms with E-state index in [0.29, 0.717) is 6.54 Å². The first kappa shape index (κ1) is 13.2. The Kier molecular flexibility index (Phi) is 3.83. The first-order valence-corrected chi connectivity index (χ1v) is 6.50. The number of fused-ring (bicyclic) bond motifs is 1. The smallest absolute Gasteiger partial charge is 0.128 e. The van der Waals surface area contributed by atoms with Gasteiger partial charge in [-0.15, -0.1) is 0 Å². The van der Waals surface area contributed by atoms with Gasteiger partial charge in [0, 0.05) is 18.1 Å². The van der Waals surface area contributed by atoms with Crippen LogP contribution in [0.25, 0.3) is 10.9 Å². The van der Waals surface area contributed by atoms with Crippen LogP contribution >= 0.6 is 11.6 Å². The predicted octanol–water partition coefficient (Wildman–Crippen LogP) is 3.04. The minimum Gasteiger partial charge on any atom is -0.496 e. The van der Waals surface area contributed by atoms with E-state index in [1.165, 1.54) is 11.3 Å². The lowest BCUT2D eigenvalue weighted by Crippen LogP contribution is -2.01. The molecule has 0 unspecified atom stereocenters. The highest BCUT2D eigenvalue weighted by Crippen LogP contribution is 2.37. The Hall–Kier alpha value is -1.19. The maximum absolute atomic E-state index is 6.31. The summed E-state index contributed by atoms with van der Waals surface area (Å²) >= 11 is 6.31. The molecule has 0 fully saturated rings. The minimum absolute atomic E-state index is 0.693. The van der Waals surface area contributed by atoms with Crippen LogP contribution in [0.1, 0.15) is 17.7 Å². The van der Waals surface area contributed by atoms with Gasteiger partial charge in [-0.25, -0.2) is 0 Å². The Labute approximate surface area is 112 Å². The van der Waals surface area contributed by atoms with Crippen molar-refractivity contribution >= 4 is 22.5 Å². The summed E-state index contributed by atoms with van der Waals surface area (Å²) in [6.07, 6.45) is 1.92. The van der Waals surface area contributed by atoms with E-state index in [0.717, 1.165) is 34.5 Å². The van der Waals surface area contributed by atoms with Gasteiger partial charge in [0.1, 0.15) is 5.75 Å². The van der Waals surface area contributed by atoms with E-state index < -0.39 is 0 Å². The second-order valence-electron chi connectivity index (χ2n) is 4.49. The summed E-state index contributed by atoms with van der Waals surface area (Å²) < 4.78 is 7.60. The van der Waals surface area contributed by atoms with Gasteiger partial charge in [0.2, 0.25) is 0 Å². The van der Waals surface area contributed by atoms with Gasteiger partial charge in [-0.2, -0.15) is 0 Å². The minimum atomic E-state index is 0.693. The van der Waals surface area contributed by atoms with E-state index in [1.807, 2.05) is 19.2 Å². The number of benzene rings is 1. The van der Waals surface area contributed by atoms with E-state index in [9.17, 15) is 0 Å². The molecular weight excluding hydrogens is 248 g/mol. The number of methoxy groups -OCH3 is 1. The molecule has 98 valence electrons. The molecule has 3 nitrogen and oxygen atoms in total. The molecule has 0 saturated carbocycles. The summed E-state index contributed by atoms with van der Waals surface area (Å²) in [5.74, 6) is 0.880. The maximum Gasteiger partial charge on any atom is 0.128 e. The molecule has 0 aliphatic rings. The Balaban J connectivity index is 2.75. The summed E-state index contributed by atoms with van der Waals surface area (Å²) in [7, 11) is 3.73. The van der Waals surface area contributed by atoms with Gasteiger partial charge >= 0.3 is 0 Å². The standard InChI is InChI=1S/C14H19ClN2O/c1-9-10(5-4-8-16)13-12(18-3)7-6-11(15)14(13)17(9)2/h6-7H,4-5,8,16H2,1-3H3. The molecule has 0 aliphatic carbocycles. The largest absolute Gasteiger partial charge is 0.496 e. The summed E-state index contributed by atoms with van der Waals surface area (Å²) in [5, 5.41) is 1.88. The predicted molar refractivity (Wildman–Crippen MR) is 76.6 cm³/mol. The number of nitrogens with two attached hydrogens (primary N) is 1. The normalized spacial score (nSPS) is 11.2. The SMILES string of the molecule is COc1ccc(Cl)c2c1c(CCCN)c(C)n2C. The molecule has 0 amide bonds. The fraction of sp³-hybridized carbons (Fsp3) is 0.429. The number of hydrogen-bond donors (Lipinski definition) is 1. The van der Waals surface area contributed by atoms with Crippen molar-refractivity contribution in [3.63, 3.8) is 0 Å². The third-order valence-corrected chi connectivity index (χ3v) is 3.82. The highest BCUT2D eigenvalue weighted by atomic mass is 35.5. The molecular formula is C14H19ClN2O. The average molecular weight is 267 g/mol. The fourth-order valence-electron chi connectivity index (χ4n) is 2.47. The first-order chi connectivity index (χ1) is 8.61. The van der Waals surface area contributed by atoms with Crippen molar-refractivity contribution in [1.29, 1.82) is 0 Å². The van der Waals surface area contributed by atoms with Crippen LogP contribution in [-0.4, -0.2) is 18.2 Å². The highest BCUT2D eigenvalue weighted by Gasteiger charge is 2.17. The summed E-state index contributed by atoms with van der Waals surface area (Å²) in [6.45, 7) is 2.81. The Morgan fingerprint density at radius 3 is 2.72 bits per heavy atom. The third kappa shape index (κ3) is 1.98. The second kappa shape index (κ2) is 5.21. The molecule has 18 heavy (non-hydrogen) atoms. The van der Waals surface area contributed by atoms with Crippen molar-refractivity contribution in [2.45, 2.75) is 19.8 Å². The molecule has 0 saturated heterocycles. The van der Waals surface area contributed by atoms with Gasteiger partial charge in [-0.05, 0) is 44.0 Å². The van der Waals surface area contributed by atoms with Crippen molar-refractivity contribution in [2.75, 3.05) is 13.7 Å². The van der Waals surface area contributed by atoms with Crippen molar-refractivity contribution in [2.24, 2.45) is 12.8 Å². The molecule has 2 N–H and O–H groups in total. The van der Waals surface area contributed by atoms with Gasteiger partial charge in [0.15, 0.2) is 0 Å². The van der Waals surface area contributed by atoms with E-state index >= 15 is 0 Å². The second-order valence-corrected chi connectivity index (χ2v) is 4.90. The summed E-state index contributed by atoms with van der Waals surface area (Å²) in [4.78, 5) is 0. The van der Waals surface area contributed by atoms with Crippen LogP contribution in [0.2, 0.25) is 5.02 Å². The lowest BCUT2D eigenvalue weighted by atomic mass is 10.1. The van der Waals surface area contributed by atoms with Gasteiger partial charge in [0.05, 0.1) is 17.6 Å². The van der Waals surface area contributed by atoms with E-state index in [2.05, 4.69) is 11.5 Å². The van der Waals surface area contributed by atoms with Crippen LogP contribution in [0.4, 0.5) is 0 Å². The number of halogens is 1. The molecule has 1 aromatic carbocycles. The van der Waals surface area contributed by atoms with E-state index in [-0.39, 0.29) is 0 Å². The molecule has 1 aromatic heterocycles. The van der Waals surface area contributed by atoms with E-state index in [1.54, 1.807) is 7.11 Å². The van der Waals surface area contributed by atoms with Crippen LogP contribution in [0, 0.1) is 6.92 Å². The lowest BCUT2D eigenvalue weighted by molar-refractivity contribution is 0.419. The van der Waals surface area contributed by atoms with Crippen LogP contribution < -0.4 is 10.5 Å². The van der Waals surface area contributed by atoms with Crippen molar-refractivity contribution in [3.8, 4) is 5.75 Å². The zero-order valence-electron chi connectivity index (χ0n) is 11.1. The molecule has 2 rings (SSSR count). The quantitative estimate of drug-likeness (QED) is 0.924. The Morgan fingerprint density at radius 2 is 2.11 bits per heavy atom. The summed E-state index contributed by atoms with van der Waals surface area (Å²) in [6, 6.07) is 3.81. The maximum atomic E-state index is 6.31. The van der Waals surface area contributed by atoms with Crippen LogP contribution in [0.5, 0.6) is 5.75 Å². The molecule has 2 aromatic rings. The molecule has 4 heteroatoms. The Bertz CT molecular complexity index is 575. The third-order valence-electron chi connectivity index (χ3n) is 3.52. The highest BCUT2D eigenvalue weighted by molar-refractivity contribution is 6.35. The van der Waals surface area contributed by atoms with Gasteiger partial charge in [-0.1, -0.05) is 11.6 Å². The summed E-state index contributed by atoms with van der Waals surface area (Å²) in [5.41, 5.74) is 9.17. The van der Waals surface area contributed by atoms with Crippen molar-refractivity contribution in [3.05, 3.63) is 28.4 Å². The zero-order chi connectivity index (χ0) is 13.3. The van der Waals surface area contributed by atoms with Gasteiger partial charge < -0.3 is 15.0 Å². The Morgan fingerprint density at radius 1 is 1.39 bits per heavy atom. The average Bonchev–Trinajstić information content (AvgIpc) is 2.62. The molecule has 0 spiro atoms. The number of ether oxygens (including phenoxy) is 1. The van der Waals surface area contributed by atoms with Crippen molar-refractivity contribution in [1.82, 2.24) is 4.57 Å². The van der Waals surface area contributed by atoms with E-state index in [4.69, 9.17) is 22.1 Å². The van der Waals surface area contributed by atoms with Crippen LogP contribution in [0.3, 0.4) is 0 Å². The number of nitrogens with zero attached hydrogens (tertiary/aromatic N) is 1. The topological polar surface area (TPSA) is 40.2 Å². The van der Waals surface area contributed by atoms with Gasteiger partial charge in [0.25, 0.3) is 0 Å². The molecule has 0 aliphatic heterocycles. The lowest BCUT2D eigenvalue weighted by Gasteiger charge is -2.06.